The van der Waals surface area contributed by atoms with Gasteiger partial charge in [0.2, 0.25) is 0 Å². The van der Waals surface area contributed by atoms with Gasteiger partial charge in [-0.3, -0.25) is 4.90 Å². The van der Waals surface area contributed by atoms with Gasteiger partial charge in [0.05, 0.1) is 19.3 Å². The zero-order valence-electron chi connectivity index (χ0n) is 22.2. The van der Waals surface area contributed by atoms with Crippen LogP contribution in [0.2, 0.25) is 0 Å². The van der Waals surface area contributed by atoms with E-state index in [1.807, 2.05) is 54.7 Å². The van der Waals surface area contributed by atoms with Crippen molar-refractivity contribution in [3.8, 4) is 11.3 Å². The number of carbonyl (C=O) groups excluding carboxylic acids is 1. The Labute approximate surface area is 236 Å². The second kappa shape index (κ2) is 11.3. The molecular weight excluding hydrogens is 542 g/mol. The van der Waals surface area contributed by atoms with Crippen molar-refractivity contribution in [3.05, 3.63) is 78.3 Å². The molecule has 2 atom stereocenters. The fourth-order valence-electron chi connectivity index (χ4n) is 6.77. The number of fused-ring (bicyclic) bond motifs is 3. The highest BCUT2D eigenvalue weighted by atomic mass is 79.9. The number of likely N-dealkylation sites (tertiary alicyclic amines) is 1. The molecule has 7 rings (SSSR count). The van der Waals surface area contributed by atoms with Gasteiger partial charge >= 0.3 is 5.97 Å². The summed E-state index contributed by atoms with van der Waals surface area (Å²) in [5, 5.41) is 0. The lowest BCUT2D eigenvalue weighted by Gasteiger charge is -2.52. The summed E-state index contributed by atoms with van der Waals surface area (Å²) in [6.45, 7) is 7.69. The molecule has 0 amide bonds. The summed E-state index contributed by atoms with van der Waals surface area (Å²) >= 11 is 0. The Bertz CT molecular complexity index is 1200. The van der Waals surface area contributed by atoms with Crippen molar-refractivity contribution in [1.82, 2.24) is 9.88 Å². The van der Waals surface area contributed by atoms with Gasteiger partial charge in [-0.1, -0.05) is 67.1 Å². The molecular formula is C31H38BrN3O3. The van der Waals surface area contributed by atoms with Gasteiger partial charge in [-0.15, -0.1) is 0 Å². The van der Waals surface area contributed by atoms with E-state index in [0.29, 0.717) is 5.92 Å². The van der Waals surface area contributed by atoms with Crippen molar-refractivity contribution >= 4 is 5.97 Å². The van der Waals surface area contributed by atoms with Crippen LogP contribution in [0, 0.1) is 5.92 Å². The van der Waals surface area contributed by atoms with E-state index >= 15 is 0 Å². The third-order valence-electron chi connectivity index (χ3n) is 9.10. The van der Waals surface area contributed by atoms with E-state index in [1.165, 1.54) is 6.42 Å². The number of aromatic nitrogens is 1. The van der Waals surface area contributed by atoms with Crippen LogP contribution in [-0.4, -0.2) is 59.2 Å². The Kier molecular flexibility index (Phi) is 8.08. The zero-order valence-corrected chi connectivity index (χ0v) is 23.8. The summed E-state index contributed by atoms with van der Waals surface area (Å²) in [4.78, 5) is 21.0. The number of rotatable bonds is 7. The number of piperidine rings is 4. The first-order valence-electron chi connectivity index (χ1n) is 13.9. The Morgan fingerprint density at radius 3 is 2.37 bits per heavy atom. The molecule has 6 nitrogen and oxygen atoms in total. The first-order chi connectivity index (χ1) is 18.1. The smallest absolute Gasteiger partial charge is 0.331 e. The van der Waals surface area contributed by atoms with Crippen LogP contribution < -0.4 is 17.0 Å². The number of hydrogen-bond donors (Lipinski definition) is 0. The zero-order chi connectivity index (χ0) is 25.3. The average Bonchev–Trinajstić information content (AvgIpc) is 3.42. The van der Waals surface area contributed by atoms with Crippen molar-refractivity contribution < 1.29 is 35.4 Å². The highest BCUT2D eigenvalue weighted by Gasteiger charge is 2.51. The molecule has 202 valence electrons. The monoisotopic (exact) mass is 579 g/mol. The second-order valence-electron chi connectivity index (χ2n) is 11.4. The Morgan fingerprint density at radius 1 is 1.03 bits per heavy atom. The third kappa shape index (κ3) is 5.21. The maximum atomic E-state index is 14.0. The maximum Gasteiger partial charge on any atom is 0.331 e. The highest BCUT2D eigenvalue weighted by Crippen LogP contribution is 2.40. The van der Waals surface area contributed by atoms with Gasteiger partial charge in [-0.2, -0.15) is 0 Å². The molecule has 0 N–H and O–H groups in total. The first-order valence-corrected chi connectivity index (χ1v) is 13.9. The van der Waals surface area contributed by atoms with E-state index in [9.17, 15) is 4.79 Å². The minimum absolute atomic E-state index is 0. The second-order valence-corrected chi connectivity index (χ2v) is 11.4. The Hall–Kier alpha value is -2.48. The number of benzene rings is 2. The number of quaternary nitrogens is 1. The third-order valence-corrected chi connectivity index (χ3v) is 9.10. The maximum absolute atomic E-state index is 14.0. The first kappa shape index (κ1) is 27.1. The molecule has 0 saturated carbocycles. The van der Waals surface area contributed by atoms with Crippen LogP contribution in [0.3, 0.4) is 0 Å². The minimum Gasteiger partial charge on any atom is -1.00 e. The summed E-state index contributed by atoms with van der Waals surface area (Å²) in [5.41, 5.74) is 1.31. The fourth-order valence-corrected chi connectivity index (χ4v) is 6.77. The quantitative estimate of drug-likeness (QED) is 0.318. The summed E-state index contributed by atoms with van der Waals surface area (Å²) in [6.07, 6.45) is 7.42. The molecule has 7 heteroatoms. The number of nitrogens with zero attached hydrogens (tertiary/aromatic N) is 3. The molecule has 3 aromatic rings. The molecule has 38 heavy (non-hydrogen) atoms. The van der Waals surface area contributed by atoms with Crippen molar-refractivity contribution in [2.75, 3.05) is 32.7 Å². The predicted molar refractivity (Wildman–Crippen MR) is 142 cm³/mol. The van der Waals surface area contributed by atoms with Gasteiger partial charge in [-0.05, 0) is 38.4 Å². The largest absolute Gasteiger partial charge is 1.00 e. The lowest BCUT2D eigenvalue weighted by atomic mass is 9.82. The van der Waals surface area contributed by atoms with Crippen LogP contribution in [0.4, 0.5) is 0 Å². The van der Waals surface area contributed by atoms with Crippen LogP contribution >= 0.6 is 0 Å². The van der Waals surface area contributed by atoms with E-state index in [2.05, 4.69) is 28.9 Å². The molecule has 2 bridgehead atoms. The SMILES string of the molecule is C[C@@](C(=O)O[C@H]1C[N+]2(Cc3ncc(-c4ccccc4)o3)CCC1CC2)(c1ccccc1)N1CCCCC1.[Br-]. The fraction of sp³-hybridized carbons (Fsp3) is 0.484. The van der Waals surface area contributed by atoms with Crippen molar-refractivity contribution in [2.45, 2.75) is 57.2 Å². The normalized spacial score (nSPS) is 26.8. The van der Waals surface area contributed by atoms with E-state index in [1.54, 1.807) is 0 Å². The number of hydrogen-bond acceptors (Lipinski definition) is 5. The summed E-state index contributed by atoms with van der Waals surface area (Å²) < 4.78 is 13.6. The molecule has 5 heterocycles. The average molecular weight is 581 g/mol. The molecule has 0 aliphatic carbocycles. The molecule has 4 aliphatic rings. The number of halogens is 1. The van der Waals surface area contributed by atoms with Gasteiger partial charge < -0.3 is 30.6 Å². The Balaban J connectivity index is 0.00000294. The van der Waals surface area contributed by atoms with Crippen LogP contribution in [0.5, 0.6) is 0 Å². The van der Waals surface area contributed by atoms with Crippen molar-refractivity contribution in [1.29, 1.82) is 0 Å². The van der Waals surface area contributed by atoms with Crippen molar-refractivity contribution in [2.24, 2.45) is 5.92 Å². The molecule has 1 aromatic heterocycles. The van der Waals surface area contributed by atoms with E-state index < -0.39 is 5.54 Å². The topological polar surface area (TPSA) is 55.6 Å². The Morgan fingerprint density at radius 2 is 1.68 bits per heavy atom. The summed E-state index contributed by atoms with van der Waals surface area (Å²) in [5.74, 6) is 1.92. The molecule has 2 aromatic carbocycles. The molecule has 0 unspecified atom stereocenters. The highest BCUT2D eigenvalue weighted by molar-refractivity contribution is 5.82. The van der Waals surface area contributed by atoms with E-state index in [0.717, 1.165) is 92.2 Å². The van der Waals surface area contributed by atoms with Gasteiger partial charge in [0.25, 0.3) is 5.89 Å². The van der Waals surface area contributed by atoms with Crippen LogP contribution in [0.1, 0.15) is 50.5 Å². The van der Waals surface area contributed by atoms with Gasteiger partial charge in [0.15, 0.2) is 18.4 Å². The molecule has 4 fully saturated rings. The minimum atomic E-state index is -0.758. The predicted octanol–water partition coefficient (Wildman–Crippen LogP) is 2.40. The number of oxazole rings is 1. The van der Waals surface area contributed by atoms with E-state index in [-0.39, 0.29) is 29.1 Å². The summed E-state index contributed by atoms with van der Waals surface area (Å²) in [7, 11) is 0. The lowest BCUT2D eigenvalue weighted by molar-refractivity contribution is -0.959. The van der Waals surface area contributed by atoms with E-state index in [4.69, 9.17) is 9.15 Å². The molecule has 4 saturated heterocycles. The molecule has 0 radical (unpaired) electrons. The number of esters is 1. The van der Waals surface area contributed by atoms with Gasteiger partial charge in [-0.25, -0.2) is 9.78 Å². The van der Waals surface area contributed by atoms with Crippen LogP contribution in [-0.2, 0) is 21.6 Å². The van der Waals surface area contributed by atoms with Crippen LogP contribution in [0.15, 0.2) is 71.3 Å². The van der Waals surface area contributed by atoms with Crippen LogP contribution in [0.25, 0.3) is 11.3 Å². The van der Waals surface area contributed by atoms with Crippen molar-refractivity contribution in [3.63, 3.8) is 0 Å². The number of ether oxygens (including phenoxy) is 1. The van der Waals surface area contributed by atoms with Gasteiger partial charge in [0, 0.05) is 24.3 Å². The molecule has 4 aliphatic heterocycles. The number of carbonyl (C=O) groups is 1. The lowest BCUT2D eigenvalue weighted by Crippen LogP contribution is -3.00. The van der Waals surface area contributed by atoms with Gasteiger partial charge in [0.1, 0.15) is 12.1 Å². The molecule has 0 spiro atoms. The standard InChI is InChI=1S/C31H38N3O3.BrH/c1-31(26-13-7-3-8-14-26,33-17-9-4-10-18-33)30(35)37-28-22-34(19-15-25(28)16-20-34)23-29-32-21-27(36-29)24-11-5-2-6-12-24;/h2-3,5-8,11-14,21,25,28H,4,9-10,15-20,22-23H2,1H3;1H/q+1;/p-1/t25?,28-,31-,34?;/m0./s1. The summed E-state index contributed by atoms with van der Waals surface area (Å²) in [6, 6.07) is 20.3.